The molecule has 0 saturated heterocycles. The van der Waals surface area contributed by atoms with Crippen molar-refractivity contribution >= 4 is 35.2 Å². The van der Waals surface area contributed by atoms with Crippen LogP contribution in [0.4, 0.5) is 5.69 Å². The summed E-state index contributed by atoms with van der Waals surface area (Å²) in [6.07, 6.45) is 2.73. The number of nitrogens with zero attached hydrogens (tertiary/aromatic N) is 3. The highest BCUT2D eigenvalue weighted by atomic mass is 35.5. The summed E-state index contributed by atoms with van der Waals surface area (Å²) >= 11 is 6.31. The van der Waals surface area contributed by atoms with E-state index >= 15 is 0 Å². The molecule has 28 heavy (non-hydrogen) atoms. The van der Waals surface area contributed by atoms with E-state index in [0.717, 1.165) is 0 Å². The minimum Gasteiger partial charge on any atom is -0.452 e. The van der Waals surface area contributed by atoms with Crippen molar-refractivity contribution in [1.82, 2.24) is 9.78 Å². The lowest BCUT2D eigenvalue weighted by Crippen LogP contribution is -2.20. The molecule has 0 aliphatic carbocycles. The lowest BCUT2D eigenvalue weighted by Gasteiger charge is -2.06. The van der Waals surface area contributed by atoms with Crippen LogP contribution >= 0.6 is 11.6 Å². The Morgan fingerprint density at radius 1 is 1.43 bits per heavy atom. The molecule has 0 radical (unpaired) electrons. The number of hydrogen-bond donors (Lipinski definition) is 1. The van der Waals surface area contributed by atoms with Crippen molar-refractivity contribution in [3.63, 3.8) is 0 Å². The van der Waals surface area contributed by atoms with E-state index in [0.29, 0.717) is 40.1 Å². The van der Waals surface area contributed by atoms with Crippen LogP contribution in [0, 0.1) is 24.2 Å². The Bertz CT molecular complexity index is 941. The molecule has 146 valence electrons. The van der Waals surface area contributed by atoms with Gasteiger partial charge in [0.05, 0.1) is 17.3 Å². The summed E-state index contributed by atoms with van der Waals surface area (Å²) in [4.78, 5) is 23.8. The topological polar surface area (TPSA) is 97.0 Å². The summed E-state index contributed by atoms with van der Waals surface area (Å²) in [6, 6.07) is 8.42. The fourth-order valence-corrected chi connectivity index (χ4v) is 2.73. The number of anilines is 1. The Labute approximate surface area is 168 Å². The lowest BCUT2D eigenvalue weighted by atomic mass is 10.2. The second-order valence-corrected chi connectivity index (χ2v) is 6.91. The van der Waals surface area contributed by atoms with Crippen molar-refractivity contribution in [3.05, 3.63) is 52.3 Å². The van der Waals surface area contributed by atoms with Crippen LogP contribution in [-0.2, 0) is 20.9 Å². The molecule has 2 rings (SSSR count). The number of nitriles is 1. The number of nitrogens with one attached hydrogen (secondary N) is 1. The molecule has 0 bridgehead atoms. The molecule has 7 nitrogen and oxygen atoms in total. The molecule has 0 unspecified atom stereocenters. The van der Waals surface area contributed by atoms with Crippen molar-refractivity contribution in [2.45, 2.75) is 27.3 Å². The number of halogens is 1. The monoisotopic (exact) mass is 400 g/mol. The van der Waals surface area contributed by atoms with Gasteiger partial charge in [-0.3, -0.25) is 9.48 Å². The number of ether oxygens (including phenoxy) is 1. The van der Waals surface area contributed by atoms with E-state index in [1.807, 2.05) is 6.07 Å². The highest BCUT2D eigenvalue weighted by molar-refractivity contribution is 6.31. The van der Waals surface area contributed by atoms with E-state index in [1.54, 1.807) is 29.8 Å². The van der Waals surface area contributed by atoms with Gasteiger partial charge in [-0.2, -0.15) is 10.4 Å². The molecule has 1 aromatic carbocycles. The third kappa shape index (κ3) is 5.96. The highest BCUT2D eigenvalue weighted by Gasteiger charge is 2.13. The Hall–Kier alpha value is -3.11. The lowest BCUT2D eigenvalue weighted by molar-refractivity contribution is -0.142. The number of carbonyl (C=O) groups excluding carboxylic acids is 2. The quantitative estimate of drug-likeness (QED) is 0.566. The fraction of sp³-hybridized carbons (Fsp3) is 0.300. The van der Waals surface area contributed by atoms with Gasteiger partial charge in [-0.25, -0.2) is 4.79 Å². The van der Waals surface area contributed by atoms with Crippen LogP contribution in [0.15, 0.2) is 30.3 Å². The molecule has 0 spiro atoms. The Kier molecular flexibility index (Phi) is 7.36. The van der Waals surface area contributed by atoms with Crippen molar-refractivity contribution in [1.29, 1.82) is 5.26 Å². The number of benzene rings is 1. The Morgan fingerprint density at radius 2 is 2.18 bits per heavy atom. The van der Waals surface area contributed by atoms with Gasteiger partial charge in [0.1, 0.15) is 5.15 Å². The number of carbonyl (C=O) groups is 2. The van der Waals surface area contributed by atoms with Gasteiger partial charge in [-0.15, -0.1) is 0 Å². The average molecular weight is 401 g/mol. The smallest absolute Gasteiger partial charge is 0.331 e. The third-order valence-electron chi connectivity index (χ3n) is 3.65. The van der Waals surface area contributed by atoms with Gasteiger partial charge in [0.25, 0.3) is 5.91 Å². The zero-order valence-electron chi connectivity index (χ0n) is 15.9. The van der Waals surface area contributed by atoms with E-state index < -0.39 is 18.5 Å². The van der Waals surface area contributed by atoms with Crippen molar-refractivity contribution < 1.29 is 14.3 Å². The molecular formula is C20H21ClN4O3. The molecule has 8 heteroatoms. The van der Waals surface area contributed by atoms with Crippen molar-refractivity contribution in [2.24, 2.45) is 5.92 Å². The number of rotatable bonds is 7. The fourth-order valence-electron chi connectivity index (χ4n) is 2.42. The molecule has 2 aromatic rings. The minimum absolute atomic E-state index is 0.381. The van der Waals surface area contributed by atoms with Gasteiger partial charge >= 0.3 is 5.97 Å². The molecule has 0 aliphatic heterocycles. The Balaban J connectivity index is 1.91. The molecular weight excluding hydrogens is 380 g/mol. The summed E-state index contributed by atoms with van der Waals surface area (Å²) < 4.78 is 6.62. The number of amides is 1. The molecule has 0 fully saturated rings. The molecule has 1 heterocycles. The number of esters is 1. The van der Waals surface area contributed by atoms with Crippen molar-refractivity contribution in [3.8, 4) is 6.07 Å². The van der Waals surface area contributed by atoms with Gasteiger partial charge in [0, 0.05) is 23.9 Å². The van der Waals surface area contributed by atoms with Crippen LogP contribution in [-0.4, -0.2) is 28.3 Å². The van der Waals surface area contributed by atoms with E-state index in [9.17, 15) is 9.59 Å². The first-order chi connectivity index (χ1) is 13.3. The van der Waals surface area contributed by atoms with Crippen LogP contribution in [0.3, 0.4) is 0 Å². The highest BCUT2D eigenvalue weighted by Crippen LogP contribution is 2.22. The summed E-state index contributed by atoms with van der Waals surface area (Å²) in [6.45, 7) is 6.14. The van der Waals surface area contributed by atoms with Gasteiger partial charge in [-0.1, -0.05) is 31.5 Å². The summed E-state index contributed by atoms with van der Waals surface area (Å²) in [5.41, 5.74) is 2.21. The predicted octanol–water partition coefficient (Wildman–Crippen LogP) is 3.57. The van der Waals surface area contributed by atoms with Crippen LogP contribution in [0.1, 0.15) is 30.7 Å². The van der Waals surface area contributed by atoms with Crippen molar-refractivity contribution in [2.75, 3.05) is 11.9 Å². The van der Waals surface area contributed by atoms with Gasteiger partial charge in [-0.05, 0) is 37.1 Å². The first-order valence-electron chi connectivity index (χ1n) is 8.68. The molecule has 1 amide bonds. The molecule has 1 N–H and O–H groups in total. The van der Waals surface area contributed by atoms with E-state index in [1.165, 1.54) is 18.2 Å². The normalized spacial score (nSPS) is 10.9. The molecule has 0 aliphatic rings. The average Bonchev–Trinajstić information content (AvgIpc) is 2.91. The molecule has 1 aromatic heterocycles. The van der Waals surface area contributed by atoms with Crippen LogP contribution in [0.2, 0.25) is 5.15 Å². The Morgan fingerprint density at radius 3 is 2.86 bits per heavy atom. The summed E-state index contributed by atoms with van der Waals surface area (Å²) in [7, 11) is 0. The zero-order valence-corrected chi connectivity index (χ0v) is 16.7. The van der Waals surface area contributed by atoms with Crippen LogP contribution in [0.25, 0.3) is 6.08 Å². The first-order valence-corrected chi connectivity index (χ1v) is 9.05. The maximum Gasteiger partial charge on any atom is 0.331 e. The van der Waals surface area contributed by atoms with Gasteiger partial charge < -0.3 is 10.1 Å². The number of aryl methyl sites for hydroxylation is 1. The second kappa shape index (κ2) is 9.72. The minimum atomic E-state index is -0.673. The van der Waals surface area contributed by atoms with Crippen LogP contribution < -0.4 is 5.32 Å². The SMILES string of the molecule is Cc1nn(CC(C)C)c(Cl)c1/C=C/C(=O)OCC(=O)Nc1cccc(C#N)c1. The molecule has 0 atom stereocenters. The first kappa shape index (κ1) is 21.2. The van der Waals surface area contributed by atoms with E-state index in [4.69, 9.17) is 21.6 Å². The number of aromatic nitrogens is 2. The van der Waals surface area contributed by atoms with Gasteiger partial charge in [0.15, 0.2) is 6.61 Å². The molecule has 0 saturated carbocycles. The van der Waals surface area contributed by atoms with Gasteiger partial charge in [0.2, 0.25) is 0 Å². The zero-order chi connectivity index (χ0) is 20.7. The third-order valence-corrected chi connectivity index (χ3v) is 4.05. The predicted molar refractivity (Wildman–Crippen MR) is 107 cm³/mol. The summed E-state index contributed by atoms with van der Waals surface area (Å²) in [5, 5.41) is 16.2. The second-order valence-electron chi connectivity index (χ2n) is 6.55. The van der Waals surface area contributed by atoms with E-state index in [-0.39, 0.29) is 0 Å². The largest absolute Gasteiger partial charge is 0.452 e. The number of hydrogen-bond acceptors (Lipinski definition) is 5. The van der Waals surface area contributed by atoms with E-state index in [2.05, 4.69) is 24.3 Å². The van der Waals surface area contributed by atoms with Crippen LogP contribution in [0.5, 0.6) is 0 Å². The standard InChI is InChI=1S/C20H21ClN4O3/c1-13(2)11-25-20(21)17(14(3)24-25)7-8-19(27)28-12-18(26)23-16-6-4-5-15(9-16)10-22/h4-9,13H,11-12H2,1-3H3,(H,23,26)/b8-7+. The maximum atomic E-state index is 11.9. The summed E-state index contributed by atoms with van der Waals surface area (Å²) in [5.74, 6) is -0.797. The maximum absolute atomic E-state index is 11.9.